The predicted octanol–water partition coefficient (Wildman–Crippen LogP) is 4.12. The molecule has 0 aliphatic heterocycles. The largest absolute Gasteiger partial charge is 0.435 e. The average molecular weight is 372 g/mol. The fourth-order valence-corrected chi connectivity index (χ4v) is 2.50. The van der Waals surface area contributed by atoms with Crippen LogP contribution in [-0.2, 0) is 0 Å². The molecule has 0 radical (unpaired) electrons. The first-order chi connectivity index (χ1) is 10.1. The molecule has 1 aromatic carbocycles. The second-order valence-electron chi connectivity index (χ2n) is 4.14. The molecular weight excluding hydrogens is 363 g/mol. The molecule has 108 valence electrons. The molecule has 0 atom stereocenters. The monoisotopic (exact) mass is 370 g/mol. The highest BCUT2D eigenvalue weighted by molar-refractivity contribution is 9.10. The molecule has 0 amide bonds. The van der Waals surface area contributed by atoms with Gasteiger partial charge in [-0.2, -0.15) is 4.98 Å². The molecule has 3 rings (SSSR count). The Bertz CT molecular complexity index is 823. The lowest BCUT2D eigenvalue weighted by Gasteiger charge is -2.10. The maximum atomic E-state index is 13.6. The standard InChI is InChI=1S/C13H9BrClFN4O/c1-17-11-6-20-3-2-18-12(20)13(19-11)21-10-5-9(16)8(15)4-7(10)14/h2-6,17H,1H3. The Morgan fingerprint density at radius 2 is 2.24 bits per heavy atom. The van der Waals surface area contributed by atoms with Crippen molar-refractivity contribution in [2.75, 3.05) is 12.4 Å². The van der Waals surface area contributed by atoms with Crippen LogP contribution in [0.2, 0.25) is 5.02 Å². The Labute approximate surface area is 132 Å². The highest BCUT2D eigenvalue weighted by Crippen LogP contribution is 2.34. The number of anilines is 1. The number of nitrogens with one attached hydrogen (secondary N) is 1. The van der Waals surface area contributed by atoms with Gasteiger partial charge in [-0.05, 0) is 22.0 Å². The van der Waals surface area contributed by atoms with Crippen LogP contribution in [0.5, 0.6) is 11.6 Å². The first-order valence-electron chi connectivity index (χ1n) is 5.92. The number of fused-ring (bicyclic) bond motifs is 1. The third kappa shape index (κ3) is 2.66. The molecule has 1 N–H and O–H groups in total. The Kier molecular flexibility index (Phi) is 3.69. The fourth-order valence-electron chi connectivity index (χ4n) is 1.78. The minimum absolute atomic E-state index is 0.0112. The summed E-state index contributed by atoms with van der Waals surface area (Å²) in [7, 11) is 1.74. The van der Waals surface area contributed by atoms with Gasteiger partial charge in [0, 0.05) is 25.5 Å². The highest BCUT2D eigenvalue weighted by atomic mass is 79.9. The minimum Gasteiger partial charge on any atom is -0.435 e. The van der Waals surface area contributed by atoms with Gasteiger partial charge in [0.05, 0.1) is 15.7 Å². The van der Waals surface area contributed by atoms with Crippen LogP contribution in [0.4, 0.5) is 10.2 Å². The number of halogens is 3. The van der Waals surface area contributed by atoms with Crippen LogP contribution in [0, 0.1) is 5.82 Å². The molecular formula is C13H9BrClFN4O. The van der Waals surface area contributed by atoms with E-state index < -0.39 is 5.82 Å². The second-order valence-corrected chi connectivity index (χ2v) is 5.40. The van der Waals surface area contributed by atoms with E-state index >= 15 is 0 Å². The molecule has 3 aromatic rings. The molecule has 0 saturated carbocycles. The molecule has 2 heterocycles. The zero-order chi connectivity index (χ0) is 15.0. The van der Waals surface area contributed by atoms with E-state index in [0.29, 0.717) is 15.9 Å². The Hall–Kier alpha value is -1.86. The summed E-state index contributed by atoms with van der Waals surface area (Å²) in [4.78, 5) is 8.46. The minimum atomic E-state index is -0.570. The summed E-state index contributed by atoms with van der Waals surface area (Å²) in [6.07, 6.45) is 5.16. The zero-order valence-electron chi connectivity index (χ0n) is 10.8. The van der Waals surface area contributed by atoms with E-state index in [0.717, 1.165) is 0 Å². The van der Waals surface area contributed by atoms with Crippen LogP contribution >= 0.6 is 27.5 Å². The van der Waals surface area contributed by atoms with Gasteiger partial charge in [-0.25, -0.2) is 9.37 Å². The van der Waals surface area contributed by atoms with E-state index in [9.17, 15) is 4.39 Å². The Morgan fingerprint density at radius 3 is 3.00 bits per heavy atom. The average Bonchev–Trinajstić information content (AvgIpc) is 2.93. The first-order valence-corrected chi connectivity index (χ1v) is 7.09. The lowest BCUT2D eigenvalue weighted by Crippen LogP contribution is -2.00. The third-order valence-corrected chi connectivity index (χ3v) is 3.69. The lowest BCUT2D eigenvalue weighted by atomic mass is 10.3. The van der Waals surface area contributed by atoms with Gasteiger partial charge in [0.2, 0.25) is 5.65 Å². The molecule has 0 spiro atoms. The number of aromatic nitrogens is 3. The lowest BCUT2D eigenvalue weighted by molar-refractivity contribution is 0.458. The summed E-state index contributed by atoms with van der Waals surface area (Å²) >= 11 is 8.99. The SMILES string of the molecule is CNc1cn2ccnc2c(Oc2cc(F)c(Cl)cc2Br)n1. The zero-order valence-corrected chi connectivity index (χ0v) is 13.1. The van der Waals surface area contributed by atoms with E-state index in [2.05, 4.69) is 31.2 Å². The van der Waals surface area contributed by atoms with Gasteiger partial charge in [0.1, 0.15) is 17.4 Å². The van der Waals surface area contributed by atoms with Crippen molar-refractivity contribution in [3.8, 4) is 11.6 Å². The molecule has 2 aromatic heterocycles. The number of ether oxygens (including phenoxy) is 1. The highest BCUT2D eigenvalue weighted by Gasteiger charge is 2.13. The van der Waals surface area contributed by atoms with Crippen molar-refractivity contribution in [3.63, 3.8) is 0 Å². The van der Waals surface area contributed by atoms with E-state index in [1.165, 1.54) is 12.1 Å². The molecule has 0 aliphatic rings. The maximum Gasteiger partial charge on any atom is 0.265 e. The normalized spacial score (nSPS) is 10.9. The van der Waals surface area contributed by atoms with Gasteiger partial charge < -0.3 is 10.1 Å². The van der Waals surface area contributed by atoms with E-state index in [-0.39, 0.29) is 16.7 Å². The molecule has 8 heteroatoms. The van der Waals surface area contributed by atoms with E-state index in [4.69, 9.17) is 16.3 Å². The number of hydrogen-bond acceptors (Lipinski definition) is 4. The predicted molar refractivity (Wildman–Crippen MR) is 81.7 cm³/mol. The summed E-state index contributed by atoms with van der Waals surface area (Å²) in [6, 6.07) is 2.62. The van der Waals surface area contributed by atoms with Gasteiger partial charge in [-0.3, -0.25) is 4.40 Å². The van der Waals surface area contributed by atoms with Crippen molar-refractivity contribution in [2.45, 2.75) is 0 Å². The topological polar surface area (TPSA) is 51.5 Å². The fraction of sp³-hybridized carbons (Fsp3) is 0.0769. The molecule has 0 saturated heterocycles. The van der Waals surface area contributed by atoms with Crippen LogP contribution in [0.3, 0.4) is 0 Å². The van der Waals surface area contributed by atoms with Crippen molar-refractivity contribution >= 4 is 39.0 Å². The third-order valence-electron chi connectivity index (χ3n) is 2.78. The van der Waals surface area contributed by atoms with Crippen molar-refractivity contribution in [2.24, 2.45) is 0 Å². The second kappa shape index (κ2) is 5.50. The van der Waals surface area contributed by atoms with Crippen LogP contribution in [0.1, 0.15) is 0 Å². The number of rotatable bonds is 3. The summed E-state index contributed by atoms with van der Waals surface area (Å²) in [5, 5.41) is 2.93. The van der Waals surface area contributed by atoms with Gasteiger partial charge >= 0.3 is 0 Å². The Balaban J connectivity index is 2.09. The van der Waals surface area contributed by atoms with Gasteiger partial charge in [0.25, 0.3) is 5.88 Å². The molecule has 21 heavy (non-hydrogen) atoms. The summed E-state index contributed by atoms with van der Waals surface area (Å²) in [5.41, 5.74) is 0.524. The number of imidazole rings is 1. The number of benzene rings is 1. The van der Waals surface area contributed by atoms with E-state index in [1.54, 1.807) is 30.0 Å². The summed E-state index contributed by atoms with van der Waals surface area (Å²) < 4.78 is 21.5. The van der Waals surface area contributed by atoms with Gasteiger partial charge in [-0.1, -0.05) is 11.6 Å². The maximum absolute atomic E-state index is 13.6. The smallest absolute Gasteiger partial charge is 0.265 e. The Morgan fingerprint density at radius 1 is 1.43 bits per heavy atom. The van der Waals surface area contributed by atoms with Crippen LogP contribution in [-0.4, -0.2) is 21.4 Å². The summed E-state index contributed by atoms with van der Waals surface area (Å²) in [5.74, 6) is 0.553. The van der Waals surface area contributed by atoms with E-state index in [1.807, 2.05) is 0 Å². The number of nitrogens with zero attached hydrogens (tertiary/aromatic N) is 3. The van der Waals surface area contributed by atoms with Gasteiger partial charge in [-0.15, -0.1) is 0 Å². The molecule has 0 bridgehead atoms. The number of hydrogen-bond donors (Lipinski definition) is 1. The molecule has 0 aliphatic carbocycles. The van der Waals surface area contributed by atoms with Gasteiger partial charge in [0.15, 0.2) is 0 Å². The first kappa shape index (κ1) is 14.1. The molecule has 0 unspecified atom stereocenters. The van der Waals surface area contributed by atoms with Crippen LogP contribution < -0.4 is 10.1 Å². The van der Waals surface area contributed by atoms with Crippen LogP contribution in [0.15, 0.2) is 35.2 Å². The summed E-state index contributed by atoms with van der Waals surface area (Å²) in [6.45, 7) is 0. The molecule has 0 fully saturated rings. The quantitative estimate of drug-likeness (QED) is 0.704. The van der Waals surface area contributed by atoms with Crippen LogP contribution in [0.25, 0.3) is 5.65 Å². The molecule has 5 nitrogen and oxygen atoms in total. The van der Waals surface area contributed by atoms with Crippen molar-refractivity contribution < 1.29 is 9.13 Å². The van der Waals surface area contributed by atoms with Crippen molar-refractivity contribution in [3.05, 3.63) is 46.0 Å². The van der Waals surface area contributed by atoms with Crippen molar-refractivity contribution in [1.82, 2.24) is 14.4 Å². The van der Waals surface area contributed by atoms with Crippen molar-refractivity contribution in [1.29, 1.82) is 0 Å².